The maximum absolute atomic E-state index is 12.3. The minimum Gasteiger partial charge on any atom is -0.480 e. The van der Waals surface area contributed by atoms with Crippen molar-refractivity contribution in [3.63, 3.8) is 0 Å². The minimum absolute atomic E-state index is 0.0347. The van der Waals surface area contributed by atoms with Crippen molar-refractivity contribution in [3.8, 4) is 0 Å². The number of carboxylic acids is 1. The van der Waals surface area contributed by atoms with E-state index in [1.165, 1.54) is 6.08 Å². The second-order valence-electron chi connectivity index (χ2n) is 5.15. The van der Waals surface area contributed by atoms with Gasteiger partial charge in [-0.2, -0.15) is 9.58 Å². The van der Waals surface area contributed by atoms with Gasteiger partial charge in [0.2, 0.25) is 17.5 Å². The van der Waals surface area contributed by atoms with E-state index in [4.69, 9.17) is 16.2 Å². The first kappa shape index (κ1) is 22.7. The third-order valence-electron chi connectivity index (χ3n) is 3.20. The first-order valence-corrected chi connectivity index (χ1v) is 7.63. The van der Waals surface area contributed by atoms with Crippen molar-refractivity contribution in [1.82, 2.24) is 10.6 Å². The van der Waals surface area contributed by atoms with Crippen molar-refractivity contribution in [2.45, 2.75) is 37.8 Å². The lowest BCUT2D eigenvalue weighted by Crippen LogP contribution is -2.50. The molecule has 140 valence electrons. The molecule has 0 aromatic carbocycles. The van der Waals surface area contributed by atoms with Crippen molar-refractivity contribution < 1.29 is 33.9 Å². The molecule has 0 spiro atoms. The van der Waals surface area contributed by atoms with Gasteiger partial charge < -0.3 is 26.8 Å². The van der Waals surface area contributed by atoms with Crippen molar-refractivity contribution >= 4 is 35.9 Å². The highest BCUT2D eigenvalue weighted by molar-refractivity contribution is 6.25. The summed E-state index contributed by atoms with van der Waals surface area (Å²) in [5.41, 5.74) is 16.5. The molecule has 2 unspecified atom stereocenters. The first-order valence-electron chi connectivity index (χ1n) is 7.63. The molecule has 0 saturated heterocycles. The van der Waals surface area contributed by atoms with Crippen LogP contribution in [0.15, 0.2) is 12.7 Å². The molecule has 0 bridgehead atoms. The number of amides is 1. The number of carbonyl (C=O) groups is 4. The lowest BCUT2D eigenvalue weighted by molar-refractivity contribution is -0.142. The second kappa shape index (κ2) is 13.1. The van der Waals surface area contributed by atoms with Crippen LogP contribution in [0.4, 0.5) is 0 Å². The number of nitrogens with zero attached hydrogens (tertiary/aromatic N) is 4. The number of carbonyl (C=O) groups excluding carboxylic acids is 3. The molecule has 11 nitrogen and oxygen atoms in total. The summed E-state index contributed by atoms with van der Waals surface area (Å²) >= 11 is 0. The van der Waals surface area contributed by atoms with Crippen LogP contribution < -0.4 is 10.6 Å². The van der Waals surface area contributed by atoms with Crippen LogP contribution in [0.2, 0.25) is 0 Å². The van der Waals surface area contributed by atoms with Gasteiger partial charge in [0.15, 0.2) is 0 Å². The van der Waals surface area contributed by atoms with E-state index >= 15 is 0 Å². The fourth-order valence-corrected chi connectivity index (χ4v) is 1.91. The van der Waals surface area contributed by atoms with E-state index in [9.17, 15) is 19.2 Å². The van der Waals surface area contributed by atoms with Gasteiger partial charge in [-0.3, -0.25) is 14.4 Å². The minimum atomic E-state index is -1.34. The molecule has 0 radical (unpaired) electrons. The van der Waals surface area contributed by atoms with E-state index in [0.717, 1.165) is 0 Å². The van der Waals surface area contributed by atoms with E-state index in [0.29, 0.717) is 12.4 Å². The number of carboxylic acid groups (broad SMARTS) is 1. The Labute approximate surface area is 149 Å². The Hall–Kier alpha value is -3.26. The van der Waals surface area contributed by atoms with E-state index in [-0.39, 0.29) is 32.2 Å². The molecule has 3 N–H and O–H groups in total. The third-order valence-corrected chi connectivity index (χ3v) is 3.20. The summed E-state index contributed by atoms with van der Waals surface area (Å²) in [4.78, 5) is 51.3. The summed E-state index contributed by atoms with van der Waals surface area (Å²) in [6.45, 7) is 3.73. The lowest BCUT2D eigenvalue weighted by Gasteiger charge is -2.20. The second-order valence-corrected chi connectivity index (χ2v) is 5.15. The Morgan fingerprint density at radius 2 is 1.50 bits per heavy atom. The van der Waals surface area contributed by atoms with Crippen molar-refractivity contribution in [2.24, 2.45) is 0 Å². The average Bonchev–Trinajstić information content (AvgIpc) is 2.58. The number of hydrogen-bond acceptors (Lipinski definition) is 5. The molecule has 0 heterocycles. The third kappa shape index (κ3) is 9.78. The van der Waals surface area contributed by atoms with Gasteiger partial charge in [0.1, 0.15) is 6.04 Å². The quantitative estimate of drug-likeness (QED) is 0.153. The number of ketones is 2. The van der Waals surface area contributed by atoms with Crippen LogP contribution in [0.3, 0.4) is 0 Å². The maximum atomic E-state index is 12.3. The summed E-state index contributed by atoms with van der Waals surface area (Å²) in [7, 11) is 0. The molecule has 0 aliphatic rings. The van der Waals surface area contributed by atoms with Gasteiger partial charge in [-0.05, 0) is 12.8 Å². The number of Topliss-reactive ketones (excluding diaryl/α,β-unsaturated/α-hetero) is 2. The summed E-state index contributed by atoms with van der Waals surface area (Å²) in [5, 5.41) is 14.2. The maximum Gasteiger partial charge on any atom is 0.326 e. The molecule has 0 aliphatic carbocycles. The molecular weight excluding hydrogens is 344 g/mol. The number of nitrogens with one attached hydrogen (secondary N) is 2. The van der Waals surface area contributed by atoms with Crippen molar-refractivity contribution in [2.75, 3.05) is 6.54 Å². The Morgan fingerprint density at radius 3 is 1.92 bits per heavy atom. The SMILES string of the molecule is C=CCNC(CCC(=O)C=[N+]=[N-])C(=O)NC(CCC(=O)C=[N+]=[N-])C(=O)O. The van der Waals surface area contributed by atoms with Gasteiger partial charge in [-0.25, -0.2) is 4.79 Å². The lowest BCUT2D eigenvalue weighted by atomic mass is 10.1. The molecule has 0 rings (SSSR count). The van der Waals surface area contributed by atoms with Crippen LogP contribution in [0.5, 0.6) is 0 Å². The Morgan fingerprint density at radius 1 is 1.00 bits per heavy atom. The molecule has 0 aromatic rings. The normalized spacial score (nSPS) is 11.8. The number of rotatable bonds is 14. The standard InChI is InChI=1S/C15H20N6O5/c1-2-7-18-12(5-3-10(22)8-19-16)14(24)21-13(15(25)26)6-4-11(23)9-20-17/h2,8-9,12-13,18H,1,3-7H2,(H,21,24)(H,25,26). The fraction of sp³-hybridized carbons (Fsp3) is 0.467. The average molecular weight is 364 g/mol. The van der Waals surface area contributed by atoms with Crippen LogP contribution in [-0.4, -0.2) is 69.2 Å². The molecular formula is C15H20N6O5. The Balaban J connectivity index is 4.91. The summed E-state index contributed by atoms with van der Waals surface area (Å²) in [5.74, 6) is -3.10. The van der Waals surface area contributed by atoms with Gasteiger partial charge >= 0.3 is 18.4 Å². The molecule has 0 saturated carbocycles. The molecule has 0 fully saturated rings. The highest BCUT2D eigenvalue weighted by atomic mass is 16.4. The Bertz CT molecular complexity index is 649. The summed E-state index contributed by atoms with van der Waals surface area (Å²) in [6, 6.07) is -2.22. The van der Waals surface area contributed by atoms with Crippen LogP contribution >= 0.6 is 0 Å². The van der Waals surface area contributed by atoms with Gasteiger partial charge in [0, 0.05) is 19.4 Å². The van der Waals surface area contributed by atoms with E-state index in [1.807, 2.05) is 0 Å². The predicted octanol–water partition coefficient (Wildman–Crippen LogP) is -1.00. The van der Waals surface area contributed by atoms with E-state index in [2.05, 4.69) is 26.8 Å². The van der Waals surface area contributed by atoms with Gasteiger partial charge in [0.05, 0.1) is 6.04 Å². The molecule has 26 heavy (non-hydrogen) atoms. The molecule has 2 atom stereocenters. The molecule has 11 heteroatoms. The van der Waals surface area contributed by atoms with E-state index in [1.54, 1.807) is 0 Å². The smallest absolute Gasteiger partial charge is 0.326 e. The van der Waals surface area contributed by atoms with Gasteiger partial charge in [-0.15, -0.1) is 6.58 Å². The predicted molar refractivity (Wildman–Crippen MR) is 89.4 cm³/mol. The van der Waals surface area contributed by atoms with E-state index < -0.39 is 35.5 Å². The van der Waals surface area contributed by atoms with Crippen LogP contribution in [0.1, 0.15) is 25.7 Å². The van der Waals surface area contributed by atoms with Crippen LogP contribution in [0, 0.1) is 0 Å². The largest absolute Gasteiger partial charge is 0.480 e. The fourth-order valence-electron chi connectivity index (χ4n) is 1.91. The zero-order valence-electron chi connectivity index (χ0n) is 14.0. The van der Waals surface area contributed by atoms with Crippen LogP contribution in [-0.2, 0) is 19.2 Å². The Kier molecular flexibility index (Phi) is 11.4. The highest BCUT2D eigenvalue weighted by Gasteiger charge is 2.26. The number of aliphatic carboxylic acids is 1. The highest BCUT2D eigenvalue weighted by Crippen LogP contribution is 2.03. The van der Waals surface area contributed by atoms with Crippen molar-refractivity contribution in [1.29, 1.82) is 0 Å². The van der Waals surface area contributed by atoms with Gasteiger partial charge in [-0.1, -0.05) is 6.08 Å². The molecule has 1 amide bonds. The summed E-state index contributed by atoms with van der Waals surface area (Å²) in [6.07, 6.45) is 2.33. The van der Waals surface area contributed by atoms with Crippen molar-refractivity contribution in [3.05, 3.63) is 23.7 Å². The molecule has 0 aromatic heterocycles. The monoisotopic (exact) mass is 364 g/mol. The zero-order valence-corrected chi connectivity index (χ0v) is 14.0. The first-order chi connectivity index (χ1) is 12.3. The van der Waals surface area contributed by atoms with Gasteiger partial charge in [0.25, 0.3) is 0 Å². The zero-order chi connectivity index (χ0) is 19.9. The number of hydrogen-bond donors (Lipinski definition) is 3. The molecule has 0 aliphatic heterocycles. The summed E-state index contributed by atoms with van der Waals surface area (Å²) < 4.78 is 0. The van der Waals surface area contributed by atoms with Crippen LogP contribution in [0.25, 0.3) is 11.1 Å². The topological polar surface area (TPSA) is 185 Å².